The van der Waals surface area contributed by atoms with Crippen LogP contribution in [-0.4, -0.2) is 25.2 Å². The van der Waals surface area contributed by atoms with Crippen LogP contribution in [0.1, 0.15) is 32.8 Å². The van der Waals surface area contributed by atoms with Gasteiger partial charge in [-0.15, -0.1) is 0 Å². The van der Waals surface area contributed by atoms with Gasteiger partial charge in [-0.1, -0.05) is 6.92 Å². The molecule has 2 unspecified atom stereocenters. The molecule has 0 bridgehead atoms. The van der Waals surface area contributed by atoms with Crippen LogP contribution in [0.5, 0.6) is 11.5 Å². The zero-order chi connectivity index (χ0) is 15.1. The Bertz CT molecular complexity index is 426. The Hall–Kier alpha value is -1.75. The fourth-order valence-corrected chi connectivity index (χ4v) is 1.65. The Balaban J connectivity index is 2.74. The summed E-state index contributed by atoms with van der Waals surface area (Å²) in [6.07, 6.45) is 0.316. The van der Waals surface area contributed by atoms with E-state index < -0.39 is 6.10 Å². The number of hydrogen-bond donors (Lipinski definition) is 2. The zero-order valence-corrected chi connectivity index (χ0v) is 12.6. The number of nitrogens with one attached hydrogen (secondary N) is 1. The third-order valence-corrected chi connectivity index (χ3v) is 3.09. The number of carbonyl (C=O) groups excluding carboxylic acids is 1. The Morgan fingerprint density at radius 3 is 2.50 bits per heavy atom. The first-order valence-electron chi connectivity index (χ1n) is 6.85. The van der Waals surface area contributed by atoms with E-state index in [9.17, 15) is 4.79 Å². The van der Waals surface area contributed by atoms with Crippen LogP contribution in [0.4, 0.5) is 0 Å². The summed E-state index contributed by atoms with van der Waals surface area (Å²) in [6.45, 7) is 6.09. The largest absolute Gasteiger partial charge is 0.497 e. The monoisotopic (exact) mass is 280 g/mol. The normalized spacial score (nSPS) is 13.4. The van der Waals surface area contributed by atoms with Crippen LogP contribution in [0.25, 0.3) is 0 Å². The van der Waals surface area contributed by atoms with Gasteiger partial charge in [0, 0.05) is 18.7 Å². The first-order chi connectivity index (χ1) is 9.49. The number of methoxy groups -OCH3 is 1. The summed E-state index contributed by atoms with van der Waals surface area (Å²) in [5, 5.41) is 2.89. The fraction of sp³-hybridized carbons (Fsp3) is 0.533. The average molecular weight is 280 g/mol. The molecule has 20 heavy (non-hydrogen) atoms. The molecule has 5 heteroatoms. The molecule has 0 fully saturated rings. The first-order valence-corrected chi connectivity index (χ1v) is 6.85. The maximum atomic E-state index is 11.9. The van der Waals surface area contributed by atoms with Gasteiger partial charge in [0.15, 0.2) is 6.10 Å². The van der Waals surface area contributed by atoms with Crippen LogP contribution in [0.2, 0.25) is 0 Å². The van der Waals surface area contributed by atoms with Gasteiger partial charge in [0.25, 0.3) is 5.91 Å². The number of hydrogen-bond acceptors (Lipinski definition) is 4. The molecule has 0 aromatic heterocycles. The Morgan fingerprint density at radius 2 is 1.95 bits per heavy atom. The van der Waals surface area contributed by atoms with E-state index in [2.05, 4.69) is 5.32 Å². The van der Waals surface area contributed by atoms with E-state index >= 15 is 0 Å². The quantitative estimate of drug-likeness (QED) is 0.799. The number of carbonyl (C=O) groups is 1. The van der Waals surface area contributed by atoms with Gasteiger partial charge in [-0.3, -0.25) is 4.79 Å². The molecule has 1 amide bonds. The van der Waals surface area contributed by atoms with Crippen molar-refractivity contribution in [3.63, 3.8) is 0 Å². The number of nitrogens with two attached hydrogens (primary N) is 1. The van der Waals surface area contributed by atoms with Gasteiger partial charge in [0.05, 0.1) is 7.11 Å². The van der Waals surface area contributed by atoms with Crippen LogP contribution in [0.3, 0.4) is 0 Å². The van der Waals surface area contributed by atoms with E-state index in [0.29, 0.717) is 18.0 Å². The summed E-state index contributed by atoms with van der Waals surface area (Å²) in [5.41, 5.74) is 6.52. The molecule has 2 atom stereocenters. The van der Waals surface area contributed by atoms with E-state index in [-0.39, 0.29) is 11.9 Å². The van der Waals surface area contributed by atoms with Gasteiger partial charge >= 0.3 is 0 Å². The predicted octanol–water partition coefficient (Wildman–Crippen LogP) is 1.84. The maximum Gasteiger partial charge on any atom is 0.260 e. The molecule has 0 saturated heterocycles. The maximum absolute atomic E-state index is 11.9. The highest BCUT2D eigenvalue weighted by molar-refractivity contribution is 5.80. The minimum Gasteiger partial charge on any atom is -0.497 e. The van der Waals surface area contributed by atoms with Gasteiger partial charge in [0.2, 0.25) is 0 Å². The molecule has 0 spiro atoms. The summed E-state index contributed by atoms with van der Waals surface area (Å²) in [6, 6.07) is 5.54. The lowest BCUT2D eigenvalue weighted by molar-refractivity contribution is -0.127. The third kappa shape index (κ3) is 4.74. The molecule has 112 valence electrons. The summed E-state index contributed by atoms with van der Waals surface area (Å²) in [4.78, 5) is 11.9. The molecule has 5 nitrogen and oxygen atoms in total. The molecule has 0 saturated carbocycles. The molecule has 0 radical (unpaired) electrons. The fourth-order valence-electron chi connectivity index (χ4n) is 1.65. The van der Waals surface area contributed by atoms with Crippen molar-refractivity contribution in [1.82, 2.24) is 5.32 Å². The molecular weight excluding hydrogens is 256 g/mol. The smallest absolute Gasteiger partial charge is 0.260 e. The minimum absolute atomic E-state index is 0.128. The van der Waals surface area contributed by atoms with Crippen molar-refractivity contribution in [3.8, 4) is 11.5 Å². The van der Waals surface area contributed by atoms with E-state index in [1.807, 2.05) is 26.0 Å². The van der Waals surface area contributed by atoms with Gasteiger partial charge in [0.1, 0.15) is 11.5 Å². The second kappa shape index (κ2) is 7.75. The summed E-state index contributed by atoms with van der Waals surface area (Å²) >= 11 is 0. The van der Waals surface area contributed by atoms with Crippen molar-refractivity contribution in [2.75, 3.05) is 7.11 Å². The molecule has 0 aliphatic heterocycles. The van der Waals surface area contributed by atoms with Crippen LogP contribution in [-0.2, 0) is 11.3 Å². The number of ether oxygens (including phenoxy) is 2. The second-order valence-corrected chi connectivity index (χ2v) is 4.80. The number of benzene rings is 1. The van der Waals surface area contributed by atoms with Crippen molar-refractivity contribution in [2.24, 2.45) is 5.73 Å². The number of rotatable bonds is 7. The van der Waals surface area contributed by atoms with Gasteiger partial charge in [-0.2, -0.15) is 0 Å². The van der Waals surface area contributed by atoms with Crippen molar-refractivity contribution in [3.05, 3.63) is 23.8 Å². The van der Waals surface area contributed by atoms with Crippen LogP contribution in [0, 0.1) is 0 Å². The van der Waals surface area contributed by atoms with Crippen LogP contribution < -0.4 is 20.5 Å². The molecule has 0 heterocycles. The molecule has 1 rings (SSSR count). The van der Waals surface area contributed by atoms with Crippen molar-refractivity contribution in [1.29, 1.82) is 0 Å². The first kappa shape index (κ1) is 16.3. The summed E-state index contributed by atoms with van der Waals surface area (Å²) in [5.74, 6) is 1.12. The Morgan fingerprint density at radius 1 is 1.30 bits per heavy atom. The van der Waals surface area contributed by atoms with Gasteiger partial charge in [-0.25, -0.2) is 0 Å². The molecule has 1 aromatic rings. The highest BCUT2D eigenvalue weighted by Crippen LogP contribution is 2.23. The summed E-state index contributed by atoms with van der Waals surface area (Å²) in [7, 11) is 1.58. The predicted molar refractivity (Wildman–Crippen MR) is 78.9 cm³/mol. The van der Waals surface area contributed by atoms with Crippen molar-refractivity contribution >= 4 is 5.91 Å². The minimum atomic E-state index is -0.568. The van der Waals surface area contributed by atoms with Gasteiger partial charge in [-0.05, 0) is 38.0 Å². The topological polar surface area (TPSA) is 73.6 Å². The van der Waals surface area contributed by atoms with E-state index in [1.165, 1.54) is 0 Å². The average Bonchev–Trinajstić information content (AvgIpc) is 2.46. The number of amides is 1. The molecule has 3 N–H and O–H groups in total. The van der Waals surface area contributed by atoms with E-state index in [0.717, 1.165) is 12.0 Å². The lowest BCUT2D eigenvalue weighted by Crippen LogP contribution is -2.41. The molecule has 0 aliphatic rings. The Labute approximate surface area is 120 Å². The van der Waals surface area contributed by atoms with E-state index in [4.69, 9.17) is 15.2 Å². The van der Waals surface area contributed by atoms with E-state index in [1.54, 1.807) is 20.1 Å². The summed E-state index contributed by atoms with van der Waals surface area (Å²) < 4.78 is 10.8. The van der Waals surface area contributed by atoms with Crippen LogP contribution in [0.15, 0.2) is 18.2 Å². The molecular formula is C15H24N2O3. The standard InChI is InChI=1S/C15H24N2O3/c1-5-10(2)17-15(18)11(3)20-14-7-12(9-16)6-13(8-14)19-4/h6-8,10-11H,5,9,16H2,1-4H3,(H,17,18). The third-order valence-electron chi connectivity index (χ3n) is 3.09. The highest BCUT2D eigenvalue weighted by atomic mass is 16.5. The van der Waals surface area contributed by atoms with Gasteiger partial charge < -0.3 is 20.5 Å². The highest BCUT2D eigenvalue weighted by Gasteiger charge is 2.16. The lowest BCUT2D eigenvalue weighted by Gasteiger charge is -2.18. The Kier molecular flexibility index (Phi) is 6.31. The van der Waals surface area contributed by atoms with Crippen molar-refractivity contribution in [2.45, 2.75) is 45.9 Å². The lowest BCUT2D eigenvalue weighted by atomic mass is 10.2. The molecule has 1 aromatic carbocycles. The molecule has 0 aliphatic carbocycles. The second-order valence-electron chi connectivity index (χ2n) is 4.80. The zero-order valence-electron chi connectivity index (χ0n) is 12.6. The van der Waals surface area contributed by atoms with Crippen molar-refractivity contribution < 1.29 is 14.3 Å². The SMILES string of the molecule is CCC(C)NC(=O)C(C)Oc1cc(CN)cc(OC)c1. The van der Waals surface area contributed by atoms with Crippen LogP contribution >= 0.6 is 0 Å².